The van der Waals surface area contributed by atoms with Gasteiger partial charge in [0.1, 0.15) is 0 Å². The Morgan fingerprint density at radius 3 is 2.39 bits per heavy atom. The molecule has 2 heterocycles. The molecule has 1 N–H and O–H groups in total. The third-order valence-corrected chi connectivity index (χ3v) is 7.03. The van der Waals surface area contributed by atoms with Gasteiger partial charge in [-0.05, 0) is 54.1 Å². The first-order chi connectivity index (χ1) is 17.3. The molecule has 0 saturated heterocycles. The summed E-state index contributed by atoms with van der Waals surface area (Å²) in [6.45, 7) is 1.87. The first-order valence-corrected chi connectivity index (χ1v) is 12.4. The van der Waals surface area contributed by atoms with E-state index < -0.39 is 10.0 Å². The topological polar surface area (TPSA) is 142 Å². The Bertz CT molecular complexity index is 1480. The summed E-state index contributed by atoms with van der Waals surface area (Å²) in [4.78, 5) is 16.8. The summed E-state index contributed by atoms with van der Waals surface area (Å²) in [7, 11) is -3.90. The minimum Gasteiger partial charge on any atom is -0.424 e. The molecule has 2 aromatic heterocycles. The van der Waals surface area contributed by atoms with Gasteiger partial charge in [0, 0.05) is 25.2 Å². The maximum atomic E-state index is 13.5. The number of pyridine rings is 1. The van der Waals surface area contributed by atoms with Crippen LogP contribution in [0.4, 0.5) is 0 Å². The van der Waals surface area contributed by atoms with Gasteiger partial charge in [0.25, 0.3) is 5.91 Å². The second-order valence-corrected chi connectivity index (χ2v) is 9.76. The Kier molecular flexibility index (Phi) is 7.48. The van der Waals surface area contributed by atoms with Crippen molar-refractivity contribution in [3.63, 3.8) is 0 Å². The summed E-state index contributed by atoms with van der Waals surface area (Å²) in [5.41, 5.74) is 2.05. The van der Waals surface area contributed by atoms with Crippen molar-refractivity contribution < 1.29 is 17.6 Å². The minimum atomic E-state index is -3.90. The molecule has 0 spiro atoms. The van der Waals surface area contributed by atoms with Crippen molar-refractivity contribution in [3.05, 3.63) is 107 Å². The molecule has 0 atom stereocenters. The van der Waals surface area contributed by atoms with Crippen molar-refractivity contribution in [3.8, 4) is 6.07 Å². The molecule has 0 radical (unpaired) electrons. The monoisotopic (exact) mass is 502 g/mol. The van der Waals surface area contributed by atoms with E-state index in [1.165, 1.54) is 28.6 Å². The second-order valence-electron chi connectivity index (χ2n) is 7.82. The highest BCUT2D eigenvalue weighted by atomic mass is 32.2. The lowest BCUT2D eigenvalue weighted by Crippen LogP contribution is -2.30. The van der Waals surface area contributed by atoms with Crippen LogP contribution < -0.4 is 5.32 Å². The average molecular weight is 503 g/mol. The number of benzene rings is 2. The first kappa shape index (κ1) is 24.7. The summed E-state index contributed by atoms with van der Waals surface area (Å²) in [6.07, 6.45) is 1.60. The predicted octanol–water partition coefficient (Wildman–Crippen LogP) is 2.97. The van der Waals surface area contributed by atoms with Gasteiger partial charge in [0.15, 0.2) is 0 Å². The van der Waals surface area contributed by atoms with Gasteiger partial charge >= 0.3 is 0 Å². The molecule has 4 aromatic rings. The molecule has 0 saturated carbocycles. The van der Waals surface area contributed by atoms with E-state index in [4.69, 9.17) is 9.68 Å². The summed E-state index contributed by atoms with van der Waals surface area (Å²) in [5, 5.41) is 19.3. The summed E-state index contributed by atoms with van der Waals surface area (Å²) >= 11 is 0. The molecule has 0 fully saturated rings. The number of carbonyl (C=O) groups excluding carboxylic acids is 1. The van der Waals surface area contributed by atoms with Crippen LogP contribution in [0.15, 0.2) is 82.2 Å². The lowest BCUT2D eigenvalue weighted by atomic mass is 10.1. The molecular formula is C25H22N6O4S. The van der Waals surface area contributed by atoms with Gasteiger partial charge in [-0.2, -0.15) is 9.57 Å². The number of aromatic nitrogens is 3. The Labute approximate surface area is 208 Å². The first-order valence-electron chi connectivity index (χ1n) is 10.9. The number of nitrogens with one attached hydrogen (secondary N) is 1. The van der Waals surface area contributed by atoms with Gasteiger partial charge < -0.3 is 9.73 Å². The maximum Gasteiger partial charge on any atom is 0.251 e. The maximum absolute atomic E-state index is 13.5. The number of aryl methyl sites for hydroxylation is 1. The average Bonchev–Trinajstić information content (AvgIpc) is 3.33. The number of carbonyl (C=O) groups is 1. The number of hydrogen-bond donors (Lipinski definition) is 1. The molecule has 2 aromatic carbocycles. The summed E-state index contributed by atoms with van der Waals surface area (Å²) in [6, 6.07) is 19.7. The van der Waals surface area contributed by atoms with Crippen LogP contribution in [-0.4, -0.2) is 33.8 Å². The van der Waals surface area contributed by atoms with E-state index in [1.807, 2.05) is 6.07 Å². The Morgan fingerprint density at radius 1 is 1.03 bits per heavy atom. The van der Waals surface area contributed by atoms with Crippen molar-refractivity contribution in [2.75, 3.05) is 0 Å². The van der Waals surface area contributed by atoms with Crippen molar-refractivity contribution in [2.45, 2.75) is 31.5 Å². The van der Waals surface area contributed by atoms with Gasteiger partial charge in [-0.1, -0.05) is 18.2 Å². The van der Waals surface area contributed by atoms with Gasteiger partial charge in [-0.3, -0.25) is 9.78 Å². The zero-order chi connectivity index (χ0) is 25.5. The second kappa shape index (κ2) is 10.9. The number of nitrogens with zero attached hydrogens (tertiary/aromatic N) is 5. The standard InChI is InChI=1S/C25H22N6O4S/c1-18-29-30-24(35-18)15-28-25(32)21-9-5-20(6-10-21)16-31(17-22-4-2-3-13-27-22)36(33,34)23-11-7-19(14-26)8-12-23/h2-13H,15-17H2,1H3,(H,28,32). The normalized spacial score (nSPS) is 11.2. The molecule has 0 bridgehead atoms. The SMILES string of the molecule is Cc1nnc(CNC(=O)c2ccc(CN(Cc3ccccn3)S(=O)(=O)c3ccc(C#N)cc3)cc2)o1. The third kappa shape index (κ3) is 5.99. The van der Waals surface area contributed by atoms with Crippen LogP contribution in [-0.2, 0) is 29.7 Å². The quantitative estimate of drug-likeness (QED) is 0.368. The van der Waals surface area contributed by atoms with Crippen LogP contribution in [0.25, 0.3) is 0 Å². The fourth-order valence-corrected chi connectivity index (χ4v) is 4.78. The van der Waals surface area contributed by atoms with Crippen LogP contribution in [0.1, 0.15) is 39.0 Å². The Hall–Kier alpha value is -4.40. The number of hydrogen-bond acceptors (Lipinski definition) is 8. The molecule has 0 aliphatic heterocycles. The van der Waals surface area contributed by atoms with E-state index in [2.05, 4.69) is 20.5 Å². The molecule has 1 amide bonds. The highest BCUT2D eigenvalue weighted by Gasteiger charge is 2.25. The Balaban J connectivity index is 1.52. The molecular weight excluding hydrogens is 480 g/mol. The van der Waals surface area contributed by atoms with Crippen LogP contribution >= 0.6 is 0 Å². The minimum absolute atomic E-state index is 0.0506. The van der Waals surface area contributed by atoms with E-state index in [-0.39, 0.29) is 30.4 Å². The number of rotatable bonds is 9. The van der Waals surface area contributed by atoms with E-state index in [1.54, 1.807) is 55.6 Å². The molecule has 4 rings (SSSR count). The molecule has 0 aliphatic rings. The van der Waals surface area contributed by atoms with Gasteiger partial charge in [0.2, 0.25) is 21.8 Å². The van der Waals surface area contributed by atoms with Crippen LogP contribution in [0.2, 0.25) is 0 Å². The van der Waals surface area contributed by atoms with Gasteiger partial charge in [-0.25, -0.2) is 8.42 Å². The third-order valence-electron chi connectivity index (χ3n) is 5.23. The number of sulfonamides is 1. The Morgan fingerprint density at radius 2 is 1.78 bits per heavy atom. The van der Waals surface area contributed by atoms with Crippen LogP contribution in [0.3, 0.4) is 0 Å². The van der Waals surface area contributed by atoms with Crippen LogP contribution in [0.5, 0.6) is 0 Å². The zero-order valence-electron chi connectivity index (χ0n) is 19.3. The molecule has 182 valence electrons. The lowest BCUT2D eigenvalue weighted by molar-refractivity contribution is 0.0947. The van der Waals surface area contributed by atoms with Gasteiger partial charge in [-0.15, -0.1) is 10.2 Å². The molecule has 0 aliphatic carbocycles. The number of nitriles is 1. The summed E-state index contributed by atoms with van der Waals surface area (Å²) in [5.74, 6) is 0.387. The van der Waals surface area contributed by atoms with Crippen molar-refractivity contribution >= 4 is 15.9 Å². The molecule has 11 heteroatoms. The summed E-state index contributed by atoms with van der Waals surface area (Å²) < 4.78 is 33.5. The van der Waals surface area contributed by atoms with Crippen molar-refractivity contribution in [1.82, 2.24) is 24.8 Å². The number of amides is 1. The fourth-order valence-electron chi connectivity index (χ4n) is 3.38. The zero-order valence-corrected chi connectivity index (χ0v) is 20.1. The highest BCUT2D eigenvalue weighted by molar-refractivity contribution is 7.89. The van der Waals surface area contributed by atoms with E-state index in [0.29, 0.717) is 34.2 Å². The van der Waals surface area contributed by atoms with E-state index >= 15 is 0 Å². The van der Waals surface area contributed by atoms with E-state index in [0.717, 1.165) is 0 Å². The van der Waals surface area contributed by atoms with Crippen molar-refractivity contribution in [2.24, 2.45) is 0 Å². The van der Waals surface area contributed by atoms with Crippen molar-refractivity contribution in [1.29, 1.82) is 5.26 Å². The molecule has 10 nitrogen and oxygen atoms in total. The largest absolute Gasteiger partial charge is 0.424 e. The molecule has 36 heavy (non-hydrogen) atoms. The lowest BCUT2D eigenvalue weighted by Gasteiger charge is -2.22. The van der Waals surface area contributed by atoms with Gasteiger partial charge in [0.05, 0.1) is 35.3 Å². The predicted molar refractivity (Wildman–Crippen MR) is 128 cm³/mol. The fraction of sp³-hybridized carbons (Fsp3) is 0.160. The highest BCUT2D eigenvalue weighted by Crippen LogP contribution is 2.21. The van der Waals surface area contributed by atoms with Crippen LogP contribution in [0, 0.1) is 18.3 Å². The van der Waals surface area contributed by atoms with E-state index in [9.17, 15) is 13.2 Å². The smallest absolute Gasteiger partial charge is 0.251 e. The molecule has 0 unspecified atom stereocenters.